The van der Waals surface area contributed by atoms with Crippen LogP contribution in [-0.4, -0.2) is 82.0 Å². The van der Waals surface area contributed by atoms with Gasteiger partial charge in [-0.05, 0) is 49.3 Å². The number of likely N-dealkylation sites (tertiary alicyclic amines) is 1. The first-order valence-electron chi connectivity index (χ1n) is 13.8. The van der Waals surface area contributed by atoms with Crippen molar-refractivity contribution in [2.45, 2.75) is 69.8 Å². The molecule has 1 aromatic carbocycles. The van der Waals surface area contributed by atoms with Crippen LogP contribution in [0, 0.1) is 11.7 Å². The van der Waals surface area contributed by atoms with E-state index in [1.165, 1.54) is 34.7 Å². The minimum atomic E-state index is -1.07. The number of fused-ring (bicyclic) bond motifs is 2. The number of nitrogens with zero attached hydrogens (tertiary/aromatic N) is 7. The molecule has 4 heterocycles. The Balaban J connectivity index is 1.37. The summed E-state index contributed by atoms with van der Waals surface area (Å²) in [6.07, 6.45) is 6.49. The van der Waals surface area contributed by atoms with Crippen LogP contribution in [0.15, 0.2) is 24.4 Å². The Bertz CT molecular complexity index is 1490. The largest absolute Gasteiger partial charge is 0.350 e. The van der Waals surface area contributed by atoms with Gasteiger partial charge in [0.25, 0.3) is 0 Å². The Labute approximate surface area is 229 Å². The molecule has 1 aliphatic heterocycles. The molecule has 12 heteroatoms. The van der Waals surface area contributed by atoms with Crippen molar-refractivity contribution in [3.8, 4) is 11.1 Å². The number of anilines is 1. The highest BCUT2D eigenvalue weighted by atomic mass is 19.1. The molecule has 3 aromatic heterocycles. The van der Waals surface area contributed by atoms with E-state index in [1.807, 2.05) is 0 Å². The van der Waals surface area contributed by atoms with E-state index in [4.69, 9.17) is 20.7 Å². The highest BCUT2D eigenvalue weighted by Crippen LogP contribution is 2.35. The molecular formula is C27H32B2F2N8. The smallest absolute Gasteiger partial charge is 0.241 e. The molecule has 6 rings (SSSR count). The molecular weight excluding hydrogens is 496 g/mol. The number of halogens is 2. The predicted octanol–water partition coefficient (Wildman–Crippen LogP) is 3.94. The maximum Gasteiger partial charge on any atom is 0.241 e. The van der Waals surface area contributed by atoms with Crippen LogP contribution in [0.25, 0.3) is 27.7 Å². The topological polar surface area (TPSA) is 76.2 Å². The van der Waals surface area contributed by atoms with Gasteiger partial charge in [-0.1, -0.05) is 36.8 Å². The normalized spacial score (nSPS) is 21.0. The van der Waals surface area contributed by atoms with Gasteiger partial charge in [0.05, 0.1) is 45.2 Å². The van der Waals surface area contributed by atoms with E-state index < -0.39 is 17.7 Å². The van der Waals surface area contributed by atoms with E-state index in [2.05, 4.69) is 32.6 Å². The monoisotopic (exact) mass is 528 g/mol. The average Bonchev–Trinajstić information content (AvgIpc) is 3.38. The Hall–Kier alpha value is -3.01. The number of benzene rings is 1. The molecule has 0 spiro atoms. The molecule has 1 unspecified atom stereocenters. The number of rotatable bonds is 8. The van der Waals surface area contributed by atoms with Crippen LogP contribution in [0.4, 0.5) is 14.7 Å². The Morgan fingerprint density at radius 2 is 2.03 bits per heavy atom. The van der Waals surface area contributed by atoms with Gasteiger partial charge in [0, 0.05) is 30.7 Å². The second-order valence-corrected chi connectivity index (χ2v) is 11.5. The molecule has 200 valence electrons. The van der Waals surface area contributed by atoms with Gasteiger partial charge in [-0.15, -0.1) is 10.2 Å². The molecule has 0 amide bonds. The van der Waals surface area contributed by atoms with Gasteiger partial charge in [-0.25, -0.2) is 23.0 Å². The lowest BCUT2D eigenvalue weighted by Gasteiger charge is -2.44. The van der Waals surface area contributed by atoms with Crippen LogP contribution in [0.3, 0.4) is 0 Å². The molecule has 1 aliphatic carbocycles. The standard InChI is InChI=1S/C27H32B2F2N8/c1-16-14-37(18-4-3-5-18)10-8-20(16)32-26-33-22(13-27(2,28)29)25-24(19(31)15-39(25)35-26)17-6-7-21-23(12-17)38(11-9-30)36-34-21/h6-7,12,15-16,18,20H,3-5,8-11,13-14H2,1-2H3,(H,32,35)/t16-,20?/m0/s1. The van der Waals surface area contributed by atoms with Crippen LogP contribution in [0.1, 0.15) is 45.2 Å². The number of hydrogen-bond acceptors (Lipinski definition) is 6. The van der Waals surface area contributed by atoms with Crippen LogP contribution < -0.4 is 5.32 Å². The first-order chi connectivity index (χ1) is 18.7. The van der Waals surface area contributed by atoms with Crippen LogP contribution in [-0.2, 0) is 13.0 Å². The molecule has 2 aliphatic rings. The third-order valence-corrected chi connectivity index (χ3v) is 8.15. The summed E-state index contributed by atoms with van der Waals surface area (Å²) in [4.78, 5) is 7.44. The molecule has 39 heavy (non-hydrogen) atoms. The zero-order valence-electron chi connectivity index (χ0n) is 22.4. The summed E-state index contributed by atoms with van der Waals surface area (Å²) in [5.74, 6) is 0.394. The SMILES string of the molecule is [B]C([B])(C)Cc1nc(NC2CCN(C3CCC3)C[C@@H]2C)nn2cc(F)c(-c3ccc4nnn(CCF)c4c3)c12. The lowest BCUT2D eigenvalue weighted by molar-refractivity contribution is 0.0758. The fraction of sp³-hybridized carbons (Fsp3) is 0.556. The number of nitrogens with one attached hydrogen (secondary N) is 1. The van der Waals surface area contributed by atoms with Crippen molar-refractivity contribution in [3.63, 3.8) is 0 Å². The Morgan fingerprint density at radius 3 is 2.72 bits per heavy atom. The Morgan fingerprint density at radius 1 is 1.21 bits per heavy atom. The predicted molar refractivity (Wildman–Crippen MR) is 149 cm³/mol. The van der Waals surface area contributed by atoms with E-state index >= 15 is 4.39 Å². The quantitative estimate of drug-likeness (QED) is 0.350. The van der Waals surface area contributed by atoms with Gasteiger partial charge in [0.2, 0.25) is 5.95 Å². The number of aryl methyl sites for hydroxylation is 1. The first-order valence-corrected chi connectivity index (χ1v) is 13.8. The maximum atomic E-state index is 15.6. The van der Waals surface area contributed by atoms with Gasteiger partial charge in [0.15, 0.2) is 5.82 Å². The summed E-state index contributed by atoms with van der Waals surface area (Å²) < 4.78 is 31.7. The van der Waals surface area contributed by atoms with Crippen LogP contribution in [0.2, 0.25) is 5.21 Å². The molecule has 4 radical (unpaired) electrons. The van der Waals surface area contributed by atoms with Crippen molar-refractivity contribution in [2.75, 3.05) is 25.1 Å². The highest BCUT2D eigenvalue weighted by Gasteiger charge is 2.33. The number of hydrogen-bond donors (Lipinski definition) is 1. The molecule has 8 nitrogen and oxygen atoms in total. The van der Waals surface area contributed by atoms with Gasteiger partial charge in [-0.2, -0.15) is 0 Å². The molecule has 2 fully saturated rings. The summed E-state index contributed by atoms with van der Waals surface area (Å²) in [6, 6.07) is 6.22. The fourth-order valence-corrected chi connectivity index (χ4v) is 5.95. The summed E-state index contributed by atoms with van der Waals surface area (Å²) >= 11 is 0. The fourth-order valence-electron chi connectivity index (χ4n) is 5.95. The molecule has 0 bridgehead atoms. The molecule has 2 atom stereocenters. The summed E-state index contributed by atoms with van der Waals surface area (Å²) in [5, 5.41) is 15.2. The van der Waals surface area contributed by atoms with E-state index in [0.717, 1.165) is 25.6 Å². The van der Waals surface area contributed by atoms with Crippen molar-refractivity contribution in [1.29, 1.82) is 0 Å². The molecule has 1 N–H and O–H groups in total. The van der Waals surface area contributed by atoms with E-state index in [-0.39, 0.29) is 19.0 Å². The first kappa shape index (κ1) is 26.2. The second kappa shape index (κ2) is 10.2. The number of alkyl halides is 1. The van der Waals surface area contributed by atoms with Crippen molar-refractivity contribution < 1.29 is 8.78 Å². The van der Waals surface area contributed by atoms with Gasteiger partial charge >= 0.3 is 0 Å². The lowest BCUT2D eigenvalue weighted by Crippen LogP contribution is -2.51. The van der Waals surface area contributed by atoms with Crippen molar-refractivity contribution in [1.82, 2.24) is 34.5 Å². The van der Waals surface area contributed by atoms with Crippen molar-refractivity contribution in [2.24, 2.45) is 5.92 Å². The second-order valence-electron chi connectivity index (χ2n) is 11.5. The third kappa shape index (κ3) is 5.15. The molecule has 4 aromatic rings. The van der Waals surface area contributed by atoms with Gasteiger partial charge < -0.3 is 5.32 Å². The van der Waals surface area contributed by atoms with E-state index in [1.54, 1.807) is 25.1 Å². The average molecular weight is 528 g/mol. The van der Waals surface area contributed by atoms with Gasteiger partial charge in [-0.3, -0.25) is 4.90 Å². The summed E-state index contributed by atoms with van der Waals surface area (Å²) in [6.45, 7) is 5.54. The van der Waals surface area contributed by atoms with E-state index in [9.17, 15) is 4.39 Å². The minimum Gasteiger partial charge on any atom is -0.350 e. The lowest BCUT2D eigenvalue weighted by atomic mass is 9.54. The zero-order chi connectivity index (χ0) is 27.3. The zero-order valence-corrected chi connectivity index (χ0v) is 22.4. The highest BCUT2D eigenvalue weighted by molar-refractivity contribution is 6.39. The number of piperidine rings is 1. The minimum absolute atomic E-state index is 0.0685. The van der Waals surface area contributed by atoms with Crippen molar-refractivity contribution >= 4 is 38.2 Å². The third-order valence-electron chi connectivity index (χ3n) is 8.15. The van der Waals surface area contributed by atoms with Crippen LogP contribution >= 0.6 is 0 Å². The molecule has 1 saturated heterocycles. The van der Waals surface area contributed by atoms with Gasteiger partial charge in [0.1, 0.15) is 12.2 Å². The summed E-state index contributed by atoms with van der Waals surface area (Å²) in [5.41, 5.74) is 3.19. The van der Waals surface area contributed by atoms with Crippen LogP contribution in [0.5, 0.6) is 0 Å². The van der Waals surface area contributed by atoms with Crippen molar-refractivity contribution in [3.05, 3.63) is 35.9 Å². The molecule has 1 saturated carbocycles. The maximum absolute atomic E-state index is 15.6. The summed E-state index contributed by atoms with van der Waals surface area (Å²) in [7, 11) is 12.4. The Kier molecular flexibility index (Phi) is 6.85. The number of aromatic nitrogens is 6. The van der Waals surface area contributed by atoms with E-state index in [0.29, 0.717) is 45.2 Å².